The smallest absolute Gasteiger partial charge is 0.252 e. The predicted molar refractivity (Wildman–Crippen MR) is 300 cm³/mol. The molecule has 2 aliphatic rings. The van der Waals surface area contributed by atoms with E-state index >= 15 is 0 Å². The van der Waals surface area contributed by atoms with Gasteiger partial charge in [0.1, 0.15) is 0 Å². The Bertz CT molecular complexity index is 3860. The largest absolute Gasteiger partial charge is 0.311 e. The van der Waals surface area contributed by atoms with E-state index in [-0.39, 0.29) is 17.5 Å². The van der Waals surface area contributed by atoms with Crippen molar-refractivity contribution >= 4 is 122 Å². The zero-order chi connectivity index (χ0) is 46.8. The third-order valence-corrected chi connectivity index (χ3v) is 15.7. The molecule has 0 fully saturated rings. The number of nitrogens with zero attached hydrogens (tertiary/aromatic N) is 2. The van der Waals surface area contributed by atoms with Crippen LogP contribution in [0.15, 0.2) is 176 Å². The van der Waals surface area contributed by atoms with Crippen LogP contribution in [0.1, 0.15) is 63.8 Å². The van der Waals surface area contributed by atoms with Crippen LogP contribution >= 0.6 is 0 Å². The van der Waals surface area contributed by atoms with E-state index in [0.29, 0.717) is 0 Å². The summed E-state index contributed by atoms with van der Waals surface area (Å²) >= 11 is 0. The topological polar surface area (TPSA) is 6.48 Å². The number of para-hydroxylation sites is 2. The zero-order valence-electron chi connectivity index (χ0n) is 40.7. The van der Waals surface area contributed by atoms with Crippen molar-refractivity contribution in [3.8, 4) is 11.1 Å². The highest BCUT2D eigenvalue weighted by Gasteiger charge is 2.45. The second-order valence-electron chi connectivity index (χ2n) is 22.3. The summed E-state index contributed by atoms with van der Waals surface area (Å²) in [6.07, 6.45) is 0. The van der Waals surface area contributed by atoms with Crippen LogP contribution in [-0.4, -0.2) is 6.71 Å². The van der Waals surface area contributed by atoms with Crippen molar-refractivity contribution in [1.29, 1.82) is 0 Å². The lowest BCUT2D eigenvalue weighted by Gasteiger charge is -2.45. The Morgan fingerprint density at radius 3 is 1.17 bits per heavy atom. The first-order valence-corrected chi connectivity index (χ1v) is 24.8. The average Bonchev–Trinajstić information content (AvgIpc) is 3.33. The van der Waals surface area contributed by atoms with E-state index in [1.807, 2.05) is 0 Å². The fourth-order valence-corrected chi connectivity index (χ4v) is 13.0. The van der Waals surface area contributed by atoms with Gasteiger partial charge in [-0.25, -0.2) is 0 Å². The Balaban J connectivity index is 1.19. The summed E-state index contributed by atoms with van der Waals surface area (Å²) in [7, 11) is 0. The van der Waals surface area contributed by atoms with Gasteiger partial charge in [0.2, 0.25) is 0 Å². The third kappa shape index (κ3) is 5.68. The highest BCUT2D eigenvalue weighted by Crippen LogP contribution is 2.52. The van der Waals surface area contributed by atoms with Gasteiger partial charge in [0, 0.05) is 44.9 Å². The third-order valence-electron chi connectivity index (χ3n) is 15.7. The molecular formula is C66H53BN2. The van der Waals surface area contributed by atoms with E-state index in [4.69, 9.17) is 0 Å². The van der Waals surface area contributed by atoms with Gasteiger partial charge in [-0.3, -0.25) is 0 Å². The fraction of sp³-hybridized carbons (Fsp3) is 0.152. The molecule has 0 radical (unpaired) electrons. The highest BCUT2D eigenvalue weighted by molar-refractivity contribution is 7.01. The maximum atomic E-state index is 2.63. The summed E-state index contributed by atoms with van der Waals surface area (Å²) in [4.78, 5) is 5.25. The molecule has 0 N–H and O–H groups in total. The number of benzene rings is 12. The molecule has 0 spiro atoms. The molecule has 2 heterocycles. The zero-order valence-corrected chi connectivity index (χ0v) is 40.7. The minimum absolute atomic E-state index is 0.00789. The van der Waals surface area contributed by atoms with E-state index in [9.17, 15) is 0 Å². The van der Waals surface area contributed by atoms with Crippen LogP contribution in [0.2, 0.25) is 0 Å². The molecular weight excluding hydrogens is 832 g/mol. The first kappa shape index (κ1) is 40.5. The van der Waals surface area contributed by atoms with Crippen molar-refractivity contribution in [2.75, 3.05) is 9.80 Å². The van der Waals surface area contributed by atoms with Crippen molar-refractivity contribution in [3.63, 3.8) is 0 Å². The number of hydrogen-bond donors (Lipinski definition) is 0. The Hall–Kier alpha value is -7.62. The summed E-state index contributed by atoms with van der Waals surface area (Å²) in [5.74, 6) is 0. The number of hydrogen-bond acceptors (Lipinski definition) is 2. The van der Waals surface area contributed by atoms with Crippen molar-refractivity contribution in [1.82, 2.24) is 0 Å². The second-order valence-corrected chi connectivity index (χ2v) is 22.3. The highest BCUT2D eigenvalue weighted by atomic mass is 15.2. The maximum Gasteiger partial charge on any atom is 0.252 e. The SMILES string of the molecule is Cc1cc(C)cc(-c2cc3c4c(c2)N(c2ccccc2)c2c(cc5ccc6c(C(C)(C)C)ccc7ccc2c5c76)B4c2cc4ccc5c(C(C)(C)C)ccc6ccc(c2N3c2ccccc2)c4c65)c1. The fourth-order valence-electron chi connectivity index (χ4n) is 13.0. The monoisotopic (exact) mass is 884 g/mol. The minimum Gasteiger partial charge on any atom is -0.311 e. The predicted octanol–water partition coefficient (Wildman–Crippen LogP) is 16.4. The van der Waals surface area contributed by atoms with Crippen LogP contribution in [0.5, 0.6) is 0 Å². The Kier molecular flexibility index (Phi) is 8.20. The lowest BCUT2D eigenvalue weighted by atomic mass is 9.33. The lowest BCUT2D eigenvalue weighted by molar-refractivity contribution is 0.596. The summed E-state index contributed by atoms with van der Waals surface area (Å²) in [6.45, 7) is 18.5. The molecule has 0 aromatic heterocycles. The van der Waals surface area contributed by atoms with E-state index in [0.717, 1.165) is 11.4 Å². The molecule has 0 amide bonds. The quantitative estimate of drug-likeness (QED) is 0.129. The summed E-state index contributed by atoms with van der Waals surface area (Å²) < 4.78 is 0. The molecule has 12 aromatic rings. The molecule has 2 aliphatic heterocycles. The van der Waals surface area contributed by atoms with E-state index < -0.39 is 0 Å². The lowest BCUT2D eigenvalue weighted by Crippen LogP contribution is -2.61. The summed E-state index contributed by atoms with van der Waals surface area (Å²) in [5.41, 5.74) is 19.0. The first-order chi connectivity index (χ1) is 33.3. The normalized spacial score (nSPS) is 13.7. The molecule has 2 nitrogen and oxygen atoms in total. The Morgan fingerprint density at radius 1 is 0.362 bits per heavy atom. The van der Waals surface area contributed by atoms with Gasteiger partial charge in [-0.1, -0.05) is 192 Å². The van der Waals surface area contributed by atoms with Crippen LogP contribution in [-0.2, 0) is 10.8 Å². The minimum atomic E-state index is -0.0627. The summed E-state index contributed by atoms with van der Waals surface area (Å²) in [6, 6.07) is 68.2. The van der Waals surface area contributed by atoms with Gasteiger partial charge in [0.25, 0.3) is 6.71 Å². The Morgan fingerprint density at radius 2 is 0.739 bits per heavy atom. The molecule has 0 saturated carbocycles. The molecule has 0 aliphatic carbocycles. The van der Waals surface area contributed by atoms with Gasteiger partial charge in [-0.05, 0) is 154 Å². The van der Waals surface area contributed by atoms with Gasteiger partial charge in [-0.15, -0.1) is 0 Å². The van der Waals surface area contributed by atoms with Crippen LogP contribution in [0.25, 0.3) is 75.8 Å². The number of aryl methyl sites for hydroxylation is 2. The van der Waals surface area contributed by atoms with E-state index in [2.05, 4.69) is 241 Å². The Labute approximate surface area is 405 Å². The first-order valence-electron chi connectivity index (χ1n) is 24.8. The van der Waals surface area contributed by atoms with E-state index in [1.165, 1.54) is 137 Å². The van der Waals surface area contributed by atoms with Gasteiger partial charge in [-0.2, -0.15) is 0 Å². The van der Waals surface area contributed by atoms with Gasteiger partial charge < -0.3 is 9.80 Å². The molecule has 0 atom stereocenters. The number of rotatable bonds is 3. The average molecular weight is 885 g/mol. The van der Waals surface area contributed by atoms with Crippen LogP contribution in [0, 0.1) is 13.8 Å². The molecule has 0 saturated heterocycles. The number of fused-ring (bicyclic) bond motifs is 6. The van der Waals surface area contributed by atoms with Crippen molar-refractivity contribution in [2.24, 2.45) is 0 Å². The van der Waals surface area contributed by atoms with Crippen molar-refractivity contribution < 1.29 is 0 Å². The molecule has 0 bridgehead atoms. The molecule has 330 valence electrons. The van der Waals surface area contributed by atoms with Crippen molar-refractivity contribution in [3.05, 3.63) is 198 Å². The van der Waals surface area contributed by atoms with E-state index in [1.54, 1.807) is 0 Å². The molecule has 0 unspecified atom stereocenters. The summed E-state index contributed by atoms with van der Waals surface area (Å²) in [5, 5.41) is 15.8. The maximum absolute atomic E-state index is 2.63. The molecule has 12 aromatic carbocycles. The standard InChI is InChI=1S/C66H53BN2/c1-38-31-39(2)33-44(32-38)45-36-56-62-57(37-45)69(47-17-13-10-14-18-47)64-51-28-20-41-24-30-53(66(6,7)8)49-26-22-43(61(51)59(41)49)35-55(64)67(62)54-34-42-21-25-48-52(65(3,4)5)29-23-40-19-27-50(60(42)58(40)48)63(54)68(56)46-15-11-9-12-16-46/h9-37H,1-8H3. The van der Waals surface area contributed by atoms with Crippen LogP contribution in [0.3, 0.4) is 0 Å². The molecule has 3 heteroatoms. The van der Waals surface area contributed by atoms with Gasteiger partial charge in [0.05, 0.1) is 0 Å². The van der Waals surface area contributed by atoms with Crippen molar-refractivity contribution in [2.45, 2.75) is 66.2 Å². The number of anilines is 6. The molecule has 69 heavy (non-hydrogen) atoms. The van der Waals surface area contributed by atoms with Gasteiger partial charge in [0.15, 0.2) is 0 Å². The second kappa shape index (κ2) is 14.0. The van der Waals surface area contributed by atoms with Crippen LogP contribution < -0.4 is 26.2 Å². The molecule has 14 rings (SSSR count). The van der Waals surface area contributed by atoms with Gasteiger partial charge >= 0.3 is 0 Å². The van der Waals surface area contributed by atoms with Crippen LogP contribution in [0.4, 0.5) is 34.1 Å².